The molecule has 0 saturated heterocycles. The molecule has 0 saturated carbocycles. The van der Waals surface area contributed by atoms with Crippen molar-refractivity contribution in [1.82, 2.24) is 5.32 Å². The summed E-state index contributed by atoms with van der Waals surface area (Å²) in [4.78, 5) is 33.2. The highest BCUT2D eigenvalue weighted by atomic mass is 16.5. The van der Waals surface area contributed by atoms with E-state index in [0.717, 1.165) is 5.56 Å². The third-order valence-electron chi connectivity index (χ3n) is 2.25. The van der Waals surface area contributed by atoms with Crippen molar-refractivity contribution in [2.75, 3.05) is 6.61 Å². The number of hydrogen-bond acceptors (Lipinski definition) is 4. The number of benzene rings is 1. The molecule has 0 aliphatic heterocycles. The predicted molar refractivity (Wildman–Crippen MR) is 69.4 cm³/mol. The minimum absolute atomic E-state index is 0.211. The summed E-state index contributed by atoms with van der Waals surface area (Å²) in [7, 11) is 0. The molecule has 1 N–H and O–H groups in total. The molecule has 0 spiro atoms. The summed E-state index contributed by atoms with van der Waals surface area (Å²) in [6, 6.07) is 6.57. The maximum atomic E-state index is 11.5. The lowest BCUT2D eigenvalue weighted by atomic mass is 10.1. The Morgan fingerprint density at radius 2 is 1.89 bits per heavy atom. The van der Waals surface area contributed by atoms with Gasteiger partial charge in [0.25, 0.3) is 0 Å². The zero-order valence-corrected chi connectivity index (χ0v) is 10.6. The number of esters is 1. The van der Waals surface area contributed by atoms with Gasteiger partial charge in [0.05, 0.1) is 5.56 Å². The van der Waals surface area contributed by atoms with Crippen LogP contribution in [0.25, 0.3) is 0 Å². The number of hydrogen-bond donors (Lipinski definition) is 1. The maximum Gasteiger partial charge on any atom is 0.338 e. The molecule has 0 radical (unpaired) electrons. The van der Waals surface area contributed by atoms with Crippen LogP contribution in [0.15, 0.2) is 36.9 Å². The number of ether oxygens (including phenoxy) is 1. The molecule has 0 bridgehead atoms. The lowest BCUT2D eigenvalue weighted by Gasteiger charge is -2.05. The third-order valence-corrected chi connectivity index (χ3v) is 2.25. The standard InChI is InChI=1S/C14H15NO4/c1-3-13(17)15-8-11-4-6-12(7-5-11)14(18)19-9-10(2)16/h3-7H,1,8-9H2,2H3,(H,15,17). The van der Waals surface area contributed by atoms with E-state index in [-0.39, 0.29) is 18.3 Å². The van der Waals surface area contributed by atoms with Crippen LogP contribution in [0.1, 0.15) is 22.8 Å². The van der Waals surface area contributed by atoms with Crippen LogP contribution < -0.4 is 5.32 Å². The van der Waals surface area contributed by atoms with Gasteiger partial charge in [0.1, 0.15) is 6.61 Å². The van der Waals surface area contributed by atoms with Crippen molar-refractivity contribution in [1.29, 1.82) is 0 Å². The van der Waals surface area contributed by atoms with Crippen LogP contribution >= 0.6 is 0 Å². The van der Waals surface area contributed by atoms with Gasteiger partial charge >= 0.3 is 5.97 Å². The van der Waals surface area contributed by atoms with Gasteiger partial charge in [0.15, 0.2) is 5.78 Å². The summed E-state index contributed by atoms with van der Waals surface area (Å²) >= 11 is 0. The molecule has 1 aromatic rings. The molecule has 19 heavy (non-hydrogen) atoms. The quantitative estimate of drug-likeness (QED) is 0.617. The first kappa shape index (κ1) is 14.6. The number of rotatable bonds is 6. The Hall–Kier alpha value is -2.43. The lowest BCUT2D eigenvalue weighted by Crippen LogP contribution is -2.20. The van der Waals surface area contributed by atoms with Crippen LogP contribution in [0.3, 0.4) is 0 Å². The van der Waals surface area contributed by atoms with Crippen molar-refractivity contribution in [3.05, 3.63) is 48.0 Å². The predicted octanol–water partition coefficient (Wildman–Crippen LogP) is 1.23. The molecule has 5 nitrogen and oxygen atoms in total. The molecule has 100 valence electrons. The van der Waals surface area contributed by atoms with Gasteiger partial charge < -0.3 is 10.1 Å². The average Bonchev–Trinajstić information content (AvgIpc) is 2.42. The number of ketones is 1. The topological polar surface area (TPSA) is 72.5 Å². The van der Waals surface area contributed by atoms with Gasteiger partial charge in [-0.2, -0.15) is 0 Å². The number of Topliss-reactive ketones (excluding diaryl/α,β-unsaturated/α-hetero) is 1. The summed E-state index contributed by atoms with van der Waals surface area (Å²) in [5.74, 6) is -1.01. The molecule has 5 heteroatoms. The second kappa shape index (κ2) is 7.10. The normalized spacial score (nSPS) is 9.53. The molecule has 0 atom stereocenters. The molecule has 0 aliphatic carbocycles. The smallest absolute Gasteiger partial charge is 0.338 e. The van der Waals surface area contributed by atoms with Crippen molar-refractivity contribution in [2.45, 2.75) is 13.5 Å². The van der Waals surface area contributed by atoms with Crippen LogP contribution in [0.4, 0.5) is 0 Å². The monoisotopic (exact) mass is 261 g/mol. The Morgan fingerprint density at radius 1 is 1.26 bits per heavy atom. The fourth-order valence-electron chi connectivity index (χ4n) is 1.27. The van der Waals surface area contributed by atoms with Gasteiger partial charge in [-0.3, -0.25) is 9.59 Å². The summed E-state index contributed by atoms with van der Waals surface area (Å²) in [6.07, 6.45) is 1.19. The maximum absolute atomic E-state index is 11.5. The van der Waals surface area contributed by atoms with Crippen LogP contribution in [-0.2, 0) is 20.9 Å². The Morgan fingerprint density at radius 3 is 2.42 bits per heavy atom. The first-order valence-corrected chi connectivity index (χ1v) is 5.68. The lowest BCUT2D eigenvalue weighted by molar-refractivity contribution is -0.120. The molecule has 1 rings (SSSR count). The molecular formula is C14H15NO4. The van der Waals surface area contributed by atoms with Gasteiger partial charge in [-0.25, -0.2) is 4.79 Å². The van der Waals surface area contributed by atoms with Gasteiger partial charge in [-0.1, -0.05) is 18.7 Å². The average molecular weight is 261 g/mol. The third kappa shape index (κ3) is 5.16. The van der Waals surface area contributed by atoms with Crippen LogP contribution in [0, 0.1) is 0 Å². The summed E-state index contributed by atoms with van der Waals surface area (Å²) < 4.78 is 4.77. The van der Waals surface area contributed by atoms with Crippen molar-refractivity contribution < 1.29 is 19.1 Å². The molecule has 0 aliphatic rings. The van der Waals surface area contributed by atoms with E-state index in [1.807, 2.05) is 0 Å². The van der Waals surface area contributed by atoms with Crippen LogP contribution in [0.2, 0.25) is 0 Å². The van der Waals surface area contributed by atoms with E-state index in [4.69, 9.17) is 4.74 Å². The Bertz CT molecular complexity index is 491. The van der Waals surface area contributed by atoms with Crippen molar-refractivity contribution >= 4 is 17.7 Å². The molecule has 1 amide bonds. The molecule has 1 aromatic carbocycles. The zero-order chi connectivity index (χ0) is 14.3. The van der Waals surface area contributed by atoms with Gasteiger partial charge in [0.2, 0.25) is 5.91 Å². The second-order valence-corrected chi connectivity index (χ2v) is 3.90. The van der Waals surface area contributed by atoms with Crippen LogP contribution in [-0.4, -0.2) is 24.3 Å². The van der Waals surface area contributed by atoms with E-state index < -0.39 is 5.97 Å². The molecular weight excluding hydrogens is 246 g/mol. The number of carbonyl (C=O) groups is 3. The SMILES string of the molecule is C=CC(=O)NCc1ccc(C(=O)OCC(C)=O)cc1. The van der Waals surface area contributed by atoms with E-state index in [0.29, 0.717) is 12.1 Å². The van der Waals surface area contributed by atoms with Crippen molar-refractivity contribution in [3.8, 4) is 0 Å². The Balaban J connectivity index is 2.55. The van der Waals surface area contributed by atoms with Gasteiger partial charge in [-0.15, -0.1) is 0 Å². The van der Waals surface area contributed by atoms with Gasteiger partial charge in [0, 0.05) is 6.54 Å². The van der Waals surface area contributed by atoms with Crippen molar-refractivity contribution in [2.24, 2.45) is 0 Å². The molecule has 0 unspecified atom stereocenters. The molecule has 0 aromatic heterocycles. The Kier molecular flexibility index (Phi) is 5.47. The molecule has 0 fully saturated rings. The molecule has 0 heterocycles. The van der Waals surface area contributed by atoms with Crippen LogP contribution in [0.5, 0.6) is 0 Å². The van der Waals surface area contributed by atoms with Crippen molar-refractivity contribution in [3.63, 3.8) is 0 Å². The zero-order valence-electron chi connectivity index (χ0n) is 10.6. The number of carbonyl (C=O) groups excluding carboxylic acids is 3. The van der Waals surface area contributed by atoms with E-state index >= 15 is 0 Å². The highest BCUT2D eigenvalue weighted by Gasteiger charge is 2.08. The number of nitrogens with one attached hydrogen (secondary N) is 1. The second-order valence-electron chi connectivity index (χ2n) is 3.90. The summed E-state index contributed by atoms with van der Waals surface area (Å²) in [5, 5.41) is 2.62. The highest BCUT2D eigenvalue weighted by Crippen LogP contribution is 2.06. The fraction of sp³-hybridized carbons (Fsp3) is 0.214. The first-order chi connectivity index (χ1) is 9.02. The minimum atomic E-state index is -0.545. The van der Waals surface area contributed by atoms with E-state index in [9.17, 15) is 14.4 Å². The van der Waals surface area contributed by atoms with E-state index in [1.54, 1.807) is 24.3 Å². The first-order valence-electron chi connectivity index (χ1n) is 5.68. The summed E-state index contributed by atoms with van der Waals surface area (Å²) in [5.41, 5.74) is 1.21. The van der Waals surface area contributed by atoms with E-state index in [1.165, 1.54) is 13.0 Å². The minimum Gasteiger partial charge on any atom is -0.454 e. The van der Waals surface area contributed by atoms with Gasteiger partial charge in [-0.05, 0) is 30.7 Å². The largest absolute Gasteiger partial charge is 0.454 e. The number of amides is 1. The summed E-state index contributed by atoms with van der Waals surface area (Å²) in [6.45, 7) is 4.82. The van der Waals surface area contributed by atoms with E-state index in [2.05, 4.69) is 11.9 Å². The Labute approximate surface area is 111 Å². The highest BCUT2D eigenvalue weighted by molar-refractivity contribution is 5.91. The fourth-order valence-corrected chi connectivity index (χ4v) is 1.27.